The molecule has 1 heterocycles. The Morgan fingerprint density at radius 2 is 1.68 bits per heavy atom. The van der Waals surface area contributed by atoms with Gasteiger partial charge in [-0.05, 0) is 43.9 Å². The molecule has 2 atom stereocenters. The quantitative estimate of drug-likeness (QED) is 0.319. The number of nitrogens with zero attached hydrogens (tertiary/aromatic N) is 1. The van der Waals surface area contributed by atoms with Crippen LogP contribution >= 0.6 is 0 Å². The van der Waals surface area contributed by atoms with Crippen LogP contribution in [-0.2, 0) is 27.2 Å². The average molecular weight is 468 g/mol. The molecular formula is C26H33N3O5. The summed E-state index contributed by atoms with van der Waals surface area (Å²) in [6.07, 6.45) is 4.13. The van der Waals surface area contributed by atoms with E-state index in [9.17, 15) is 19.5 Å². The summed E-state index contributed by atoms with van der Waals surface area (Å²) in [5.74, 6) is -2.34. The van der Waals surface area contributed by atoms with Gasteiger partial charge in [0, 0.05) is 36.1 Å². The largest absolute Gasteiger partial charge is 0.481 e. The van der Waals surface area contributed by atoms with Crippen LogP contribution in [0, 0.1) is 5.92 Å². The van der Waals surface area contributed by atoms with Crippen LogP contribution in [0.4, 0.5) is 0 Å². The van der Waals surface area contributed by atoms with E-state index in [0.29, 0.717) is 19.3 Å². The molecule has 3 rings (SSSR count). The summed E-state index contributed by atoms with van der Waals surface area (Å²) in [5.41, 5.74) is 8.56. The first kappa shape index (κ1) is 26.6. The molecule has 0 aliphatic rings. The van der Waals surface area contributed by atoms with Gasteiger partial charge >= 0.3 is 11.9 Å². The monoisotopic (exact) mass is 467 g/mol. The number of benzene rings is 2. The third-order valence-corrected chi connectivity index (χ3v) is 5.64. The van der Waals surface area contributed by atoms with Crippen molar-refractivity contribution in [2.75, 3.05) is 6.54 Å². The molecule has 0 saturated heterocycles. The second kappa shape index (κ2) is 13.2. The van der Waals surface area contributed by atoms with Crippen molar-refractivity contribution < 1.29 is 24.6 Å². The molecule has 0 radical (unpaired) electrons. The summed E-state index contributed by atoms with van der Waals surface area (Å²) in [6.45, 7) is 4.03. The van der Waals surface area contributed by atoms with Crippen LogP contribution in [0.25, 0.3) is 10.9 Å². The maximum absolute atomic E-state index is 11.3. The second-order valence-electron chi connectivity index (χ2n) is 8.46. The predicted octanol–water partition coefficient (Wildman–Crippen LogP) is 3.31. The lowest BCUT2D eigenvalue weighted by Crippen LogP contribution is -2.37. The van der Waals surface area contributed by atoms with Crippen molar-refractivity contribution in [2.24, 2.45) is 11.7 Å². The number of rotatable bonds is 11. The fourth-order valence-corrected chi connectivity index (χ4v) is 3.53. The predicted molar refractivity (Wildman–Crippen MR) is 131 cm³/mol. The van der Waals surface area contributed by atoms with Gasteiger partial charge in [-0.2, -0.15) is 0 Å². The van der Waals surface area contributed by atoms with Gasteiger partial charge in [-0.1, -0.05) is 48.5 Å². The van der Waals surface area contributed by atoms with E-state index in [1.807, 2.05) is 74.6 Å². The van der Waals surface area contributed by atoms with Gasteiger partial charge in [0.25, 0.3) is 0 Å². The lowest BCUT2D eigenvalue weighted by atomic mass is 9.98. The molecule has 3 aromatic rings. The lowest BCUT2D eigenvalue weighted by molar-refractivity contribution is -0.143. The van der Waals surface area contributed by atoms with Crippen molar-refractivity contribution >= 4 is 29.3 Å². The maximum atomic E-state index is 11.3. The minimum Gasteiger partial charge on any atom is -0.481 e. The van der Waals surface area contributed by atoms with Crippen molar-refractivity contribution in [1.29, 1.82) is 0 Å². The van der Waals surface area contributed by atoms with Crippen LogP contribution < -0.4 is 5.73 Å². The highest BCUT2D eigenvalue weighted by Gasteiger charge is 2.21. The summed E-state index contributed by atoms with van der Waals surface area (Å²) in [4.78, 5) is 37.4. The number of nitrogens with two attached hydrogens (primary N) is 1. The second-order valence-corrected chi connectivity index (χ2v) is 8.46. The lowest BCUT2D eigenvalue weighted by Gasteiger charge is -2.25. The highest BCUT2D eigenvalue weighted by atomic mass is 16.4. The number of carbonyl (C=O) groups is 3. The normalized spacial score (nSPS) is 12.5. The van der Waals surface area contributed by atoms with Crippen molar-refractivity contribution in [2.45, 2.75) is 45.2 Å². The number of H-pyrrole nitrogens is 1. The molecule has 0 saturated carbocycles. The molecule has 0 spiro atoms. The number of amides is 1. The Hall–Kier alpha value is -3.65. The Bertz CT molecular complexity index is 1060. The van der Waals surface area contributed by atoms with Gasteiger partial charge in [0.1, 0.15) is 6.04 Å². The topological polar surface area (TPSA) is 137 Å². The van der Waals surface area contributed by atoms with Crippen molar-refractivity contribution in [3.63, 3.8) is 0 Å². The zero-order valence-electron chi connectivity index (χ0n) is 19.6. The number of carbonyl (C=O) groups excluding carboxylic acids is 1. The summed E-state index contributed by atoms with van der Waals surface area (Å²) < 4.78 is 0. The molecule has 0 fully saturated rings. The Labute approximate surface area is 199 Å². The highest BCUT2D eigenvalue weighted by molar-refractivity contribution is 5.84. The summed E-state index contributed by atoms with van der Waals surface area (Å²) in [7, 11) is 0. The molecule has 5 N–H and O–H groups in total. The first-order valence-electron chi connectivity index (χ1n) is 11.2. The molecule has 34 heavy (non-hydrogen) atoms. The Balaban J connectivity index is 0.000000246. The highest BCUT2D eigenvalue weighted by Crippen LogP contribution is 2.18. The molecule has 1 unspecified atom stereocenters. The molecule has 1 aromatic heterocycles. The van der Waals surface area contributed by atoms with Gasteiger partial charge in [-0.25, -0.2) is 0 Å². The number of nitrogens with one attached hydrogen (secondary N) is 1. The maximum Gasteiger partial charge on any atom is 0.320 e. The molecule has 8 nitrogen and oxygen atoms in total. The number of aryl methyl sites for hydroxylation is 1. The first-order chi connectivity index (χ1) is 16.2. The average Bonchev–Trinajstić information content (AvgIpc) is 3.22. The SMILES string of the molecule is CC(C)N(C=O)CC(CCc1ccccc1)C(=O)O.N[C@@H](Cc1c[nH]c2ccccc12)C(=O)O. The summed E-state index contributed by atoms with van der Waals surface area (Å²) in [6, 6.07) is 16.7. The van der Waals surface area contributed by atoms with Gasteiger partial charge in [0.05, 0.1) is 5.92 Å². The first-order valence-corrected chi connectivity index (χ1v) is 11.2. The van der Waals surface area contributed by atoms with Gasteiger partial charge in [-0.3, -0.25) is 14.4 Å². The molecule has 182 valence electrons. The fourth-order valence-electron chi connectivity index (χ4n) is 3.53. The summed E-state index contributed by atoms with van der Waals surface area (Å²) >= 11 is 0. The standard InChI is InChI=1S/C15H21NO3.C11H12N2O2/c1-12(2)16(11-17)10-14(15(18)19)9-8-13-6-4-3-5-7-13;12-9(11(14)15)5-7-6-13-10-4-2-1-3-8(7)10/h3-7,11-12,14H,8-10H2,1-2H3,(H,18,19);1-4,6,9,13H,5,12H2,(H,14,15)/t;9-/m.0/s1. The number of aromatic amines is 1. The van der Waals surface area contributed by atoms with Gasteiger partial charge in [-0.15, -0.1) is 0 Å². The van der Waals surface area contributed by atoms with Crippen molar-refractivity contribution in [3.05, 3.63) is 71.9 Å². The van der Waals surface area contributed by atoms with Crippen LogP contribution in [0.5, 0.6) is 0 Å². The zero-order chi connectivity index (χ0) is 25.1. The number of hydrogen-bond acceptors (Lipinski definition) is 4. The Kier molecular flexibility index (Phi) is 10.3. The molecule has 8 heteroatoms. The van der Waals surface area contributed by atoms with E-state index in [1.54, 1.807) is 0 Å². The van der Waals surface area contributed by atoms with Gasteiger partial charge in [0.2, 0.25) is 6.41 Å². The van der Waals surface area contributed by atoms with Crippen molar-refractivity contribution in [1.82, 2.24) is 9.88 Å². The van der Waals surface area contributed by atoms with Gasteiger partial charge < -0.3 is 25.8 Å². The molecule has 1 amide bonds. The third kappa shape index (κ3) is 8.04. The number of carboxylic acids is 2. The van der Waals surface area contributed by atoms with E-state index >= 15 is 0 Å². The van der Waals surface area contributed by atoms with E-state index in [2.05, 4.69) is 4.98 Å². The fraction of sp³-hybridized carbons (Fsp3) is 0.346. The molecule has 0 bridgehead atoms. The number of para-hydroxylation sites is 1. The third-order valence-electron chi connectivity index (χ3n) is 5.64. The number of aliphatic carboxylic acids is 2. The van der Waals surface area contributed by atoms with Crippen molar-refractivity contribution in [3.8, 4) is 0 Å². The Morgan fingerprint density at radius 1 is 1.03 bits per heavy atom. The van der Waals surface area contributed by atoms with E-state index in [1.165, 1.54) is 4.90 Å². The van der Waals surface area contributed by atoms with Crippen LogP contribution in [0.2, 0.25) is 0 Å². The van der Waals surface area contributed by atoms with E-state index in [0.717, 1.165) is 28.4 Å². The smallest absolute Gasteiger partial charge is 0.320 e. The summed E-state index contributed by atoms with van der Waals surface area (Å²) in [5, 5.41) is 19.0. The molecule has 0 aliphatic heterocycles. The minimum absolute atomic E-state index is 0.0241. The molecule has 2 aromatic carbocycles. The van der Waals surface area contributed by atoms with E-state index < -0.39 is 23.9 Å². The Morgan fingerprint density at radius 3 is 2.26 bits per heavy atom. The molecular weight excluding hydrogens is 434 g/mol. The number of fused-ring (bicyclic) bond motifs is 1. The zero-order valence-corrected chi connectivity index (χ0v) is 19.6. The van der Waals surface area contributed by atoms with Crippen LogP contribution in [-0.4, -0.2) is 57.1 Å². The molecule has 0 aliphatic carbocycles. The van der Waals surface area contributed by atoms with Crippen LogP contribution in [0.15, 0.2) is 60.8 Å². The number of carboxylic acid groups (broad SMARTS) is 2. The van der Waals surface area contributed by atoms with Crippen LogP contribution in [0.1, 0.15) is 31.4 Å². The number of hydrogen-bond donors (Lipinski definition) is 4. The van der Waals surface area contributed by atoms with Gasteiger partial charge in [0.15, 0.2) is 0 Å². The van der Waals surface area contributed by atoms with Crippen LogP contribution in [0.3, 0.4) is 0 Å². The van der Waals surface area contributed by atoms with E-state index in [-0.39, 0.29) is 12.6 Å². The number of aromatic nitrogens is 1. The minimum atomic E-state index is -0.972. The van der Waals surface area contributed by atoms with E-state index in [4.69, 9.17) is 10.8 Å².